The molecule has 4 nitrogen and oxygen atoms in total. The second-order valence-electron chi connectivity index (χ2n) is 4.32. The van der Waals surface area contributed by atoms with Crippen LogP contribution in [0.3, 0.4) is 0 Å². The Bertz CT molecular complexity index is 596. The molecule has 0 bridgehead atoms. The summed E-state index contributed by atoms with van der Waals surface area (Å²) in [7, 11) is 0. The number of Topliss-reactive ketones (excluding diaryl/α,β-unsaturated/α-hetero) is 1. The molecule has 5 heteroatoms. The fourth-order valence-corrected chi connectivity index (χ4v) is 1.60. The van der Waals surface area contributed by atoms with Gasteiger partial charge in [0.1, 0.15) is 17.4 Å². The van der Waals surface area contributed by atoms with Gasteiger partial charge in [0.25, 0.3) is 0 Å². The molecule has 1 N–H and O–H groups in total. The first kappa shape index (κ1) is 13.1. The molecule has 0 unspecified atom stereocenters. The number of carbonyl (C=O) groups is 1. The van der Waals surface area contributed by atoms with Gasteiger partial charge in [0.2, 0.25) is 0 Å². The fraction of sp³-hybridized carbons (Fsp3) is 0.214. The van der Waals surface area contributed by atoms with Crippen LogP contribution in [0, 0.1) is 12.7 Å². The molecule has 0 saturated carbocycles. The highest BCUT2D eigenvalue weighted by atomic mass is 19.1. The van der Waals surface area contributed by atoms with Crippen LogP contribution in [0.4, 0.5) is 10.2 Å². The standard InChI is InChI=1S/C14H14FN3O/c1-9-7-11(3-4-12(9)15)13-5-6-14(18-17-13)16-8-10(2)19/h3-7H,8H2,1-2H3,(H,16,18). The molecule has 2 aromatic rings. The van der Waals surface area contributed by atoms with Crippen LogP contribution in [0.2, 0.25) is 0 Å². The Labute approximate surface area is 110 Å². The summed E-state index contributed by atoms with van der Waals surface area (Å²) in [6.07, 6.45) is 0. The molecule has 1 heterocycles. The predicted molar refractivity (Wildman–Crippen MR) is 71.3 cm³/mol. The van der Waals surface area contributed by atoms with Crippen LogP contribution in [-0.4, -0.2) is 22.5 Å². The lowest BCUT2D eigenvalue weighted by Gasteiger charge is -2.05. The maximum Gasteiger partial charge on any atom is 0.149 e. The Morgan fingerprint density at radius 3 is 2.63 bits per heavy atom. The molecule has 1 aromatic heterocycles. The third-order valence-corrected chi connectivity index (χ3v) is 2.64. The van der Waals surface area contributed by atoms with Gasteiger partial charge in [0.15, 0.2) is 0 Å². The minimum Gasteiger partial charge on any atom is -0.362 e. The van der Waals surface area contributed by atoms with Gasteiger partial charge in [-0.3, -0.25) is 4.79 Å². The van der Waals surface area contributed by atoms with Crippen LogP contribution in [-0.2, 0) is 4.79 Å². The number of nitrogens with zero attached hydrogens (tertiary/aromatic N) is 2. The number of ketones is 1. The molecule has 0 aliphatic heterocycles. The number of anilines is 1. The van der Waals surface area contributed by atoms with Crippen molar-refractivity contribution in [3.8, 4) is 11.3 Å². The van der Waals surface area contributed by atoms with E-state index in [0.29, 0.717) is 17.1 Å². The average Bonchev–Trinajstić information content (AvgIpc) is 2.40. The molecule has 1 aromatic carbocycles. The number of hydrogen-bond donors (Lipinski definition) is 1. The summed E-state index contributed by atoms with van der Waals surface area (Å²) in [4.78, 5) is 10.8. The van der Waals surface area contributed by atoms with Gasteiger partial charge >= 0.3 is 0 Å². The largest absolute Gasteiger partial charge is 0.362 e. The highest BCUT2D eigenvalue weighted by molar-refractivity contribution is 5.80. The van der Waals surface area contributed by atoms with Gasteiger partial charge < -0.3 is 5.32 Å². The highest BCUT2D eigenvalue weighted by Crippen LogP contribution is 2.19. The summed E-state index contributed by atoms with van der Waals surface area (Å²) in [6.45, 7) is 3.43. The van der Waals surface area contributed by atoms with Crippen LogP contribution < -0.4 is 5.32 Å². The first-order valence-electron chi connectivity index (χ1n) is 5.90. The van der Waals surface area contributed by atoms with Gasteiger partial charge in [-0.2, -0.15) is 0 Å². The van der Waals surface area contributed by atoms with E-state index in [4.69, 9.17) is 0 Å². The summed E-state index contributed by atoms with van der Waals surface area (Å²) in [5, 5.41) is 10.9. The molecule has 0 aliphatic carbocycles. The molecule has 0 amide bonds. The van der Waals surface area contributed by atoms with Gasteiger partial charge in [-0.1, -0.05) is 0 Å². The van der Waals surface area contributed by atoms with Crippen molar-refractivity contribution in [2.45, 2.75) is 13.8 Å². The maximum absolute atomic E-state index is 13.2. The third kappa shape index (κ3) is 3.34. The number of halogens is 1. The van der Waals surface area contributed by atoms with Gasteiger partial charge in [0.05, 0.1) is 12.2 Å². The molecule has 0 radical (unpaired) electrons. The van der Waals surface area contributed by atoms with Crippen molar-refractivity contribution in [3.05, 3.63) is 41.7 Å². The van der Waals surface area contributed by atoms with Gasteiger partial charge in [-0.15, -0.1) is 10.2 Å². The molecule has 0 atom stereocenters. The molecular formula is C14H14FN3O. The number of carbonyl (C=O) groups excluding carboxylic acids is 1. The minimum atomic E-state index is -0.239. The number of rotatable bonds is 4. The Balaban J connectivity index is 2.17. The summed E-state index contributed by atoms with van der Waals surface area (Å²) < 4.78 is 13.2. The number of aryl methyl sites for hydroxylation is 1. The smallest absolute Gasteiger partial charge is 0.149 e. The zero-order valence-electron chi connectivity index (χ0n) is 10.8. The summed E-state index contributed by atoms with van der Waals surface area (Å²) in [6, 6.07) is 8.32. The Hall–Kier alpha value is -2.30. The van der Waals surface area contributed by atoms with Crippen LogP contribution >= 0.6 is 0 Å². The number of hydrogen-bond acceptors (Lipinski definition) is 4. The van der Waals surface area contributed by atoms with Crippen molar-refractivity contribution < 1.29 is 9.18 Å². The van der Waals surface area contributed by atoms with E-state index in [1.54, 1.807) is 31.2 Å². The molecule has 0 saturated heterocycles. The number of nitrogens with one attached hydrogen (secondary N) is 1. The van der Waals surface area contributed by atoms with Crippen molar-refractivity contribution in [1.82, 2.24) is 10.2 Å². The lowest BCUT2D eigenvalue weighted by molar-refractivity contribution is -0.115. The molecule has 0 spiro atoms. The fourth-order valence-electron chi connectivity index (χ4n) is 1.60. The second-order valence-corrected chi connectivity index (χ2v) is 4.32. The topological polar surface area (TPSA) is 54.9 Å². The Morgan fingerprint density at radius 2 is 2.05 bits per heavy atom. The first-order chi connectivity index (χ1) is 9.06. The summed E-state index contributed by atoms with van der Waals surface area (Å²) >= 11 is 0. The average molecular weight is 259 g/mol. The van der Waals surface area contributed by atoms with Gasteiger partial charge in [-0.05, 0) is 49.7 Å². The van der Waals surface area contributed by atoms with E-state index in [1.807, 2.05) is 0 Å². The zero-order valence-corrected chi connectivity index (χ0v) is 10.8. The Kier molecular flexibility index (Phi) is 3.85. The summed E-state index contributed by atoms with van der Waals surface area (Å²) in [5.74, 6) is 0.328. The van der Waals surface area contributed by atoms with Crippen molar-refractivity contribution in [3.63, 3.8) is 0 Å². The van der Waals surface area contributed by atoms with E-state index in [0.717, 1.165) is 5.56 Å². The van der Waals surface area contributed by atoms with E-state index in [2.05, 4.69) is 15.5 Å². The maximum atomic E-state index is 13.2. The van der Waals surface area contributed by atoms with E-state index in [9.17, 15) is 9.18 Å². The zero-order chi connectivity index (χ0) is 13.8. The SMILES string of the molecule is CC(=O)CNc1ccc(-c2ccc(F)c(C)c2)nn1. The molecule has 2 rings (SSSR count). The summed E-state index contributed by atoms with van der Waals surface area (Å²) in [5.41, 5.74) is 2.04. The number of aromatic nitrogens is 2. The van der Waals surface area contributed by atoms with E-state index in [-0.39, 0.29) is 18.1 Å². The van der Waals surface area contributed by atoms with Gasteiger partial charge in [-0.25, -0.2) is 4.39 Å². The second kappa shape index (κ2) is 5.56. The van der Waals surface area contributed by atoms with Crippen LogP contribution in [0.15, 0.2) is 30.3 Å². The van der Waals surface area contributed by atoms with Crippen molar-refractivity contribution in [2.24, 2.45) is 0 Å². The molecule has 0 fully saturated rings. The monoisotopic (exact) mass is 259 g/mol. The van der Waals surface area contributed by atoms with E-state index < -0.39 is 0 Å². The normalized spacial score (nSPS) is 10.3. The third-order valence-electron chi connectivity index (χ3n) is 2.64. The quantitative estimate of drug-likeness (QED) is 0.917. The Morgan fingerprint density at radius 1 is 1.26 bits per heavy atom. The van der Waals surface area contributed by atoms with E-state index in [1.165, 1.54) is 13.0 Å². The van der Waals surface area contributed by atoms with Crippen LogP contribution in [0.1, 0.15) is 12.5 Å². The molecule has 98 valence electrons. The molecule has 0 aliphatic rings. The first-order valence-corrected chi connectivity index (χ1v) is 5.90. The van der Waals surface area contributed by atoms with Crippen molar-refractivity contribution >= 4 is 11.6 Å². The highest BCUT2D eigenvalue weighted by Gasteiger charge is 2.04. The lowest BCUT2D eigenvalue weighted by Crippen LogP contribution is -2.11. The van der Waals surface area contributed by atoms with Crippen LogP contribution in [0.25, 0.3) is 11.3 Å². The van der Waals surface area contributed by atoms with Crippen LogP contribution in [0.5, 0.6) is 0 Å². The van der Waals surface area contributed by atoms with Crippen molar-refractivity contribution in [2.75, 3.05) is 11.9 Å². The predicted octanol–water partition coefficient (Wildman–Crippen LogP) is 2.59. The van der Waals surface area contributed by atoms with E-state index >= 15 is 0 Å². The minimum absolute atomic E-state index is 0.0278. The number of benzene rings is 1. The molecule has 19 heavy (non-hydrogen) atoms. The lowest BCUT2D eigenvalue weighted by atomic mass is 10.1. The van der Waals surface area contributed by atoms with Gasteiger partial charge in [0, 0.05) is 5.56 Å². The molecular weight excluding hydrogens is 245 g/mol. The van der Waals surface area contributed by atoms with Crippen molar-refractivity contribution in [1.29, 1.82) is 0 Å².